The van der Waals surface area contributed by atoms with Crippen molar-refractivity contribution in [1.29, 1.82) is 5.26 Å². The highest BCUT2D eigenvalue weighted by Gasteiger charge is 2.22. The third-order valence-corrected chi connectivity index (χ3v) is 5.63. The Hall–Kier alpha value is -4.16. The number of ether oxygens (including phenoxy) is 1. The molecule has 3 heterocycles. The summed E-state index contributed by atoms with van der Waals surface area (Å²) < 4.78 is 6.83. The number of carbonyl (C=O) groups is 1. The lowest BCUT2D eigenvalue weighted by molar-refractivity contribution is -0.112. The molecule has 9 heteroatoms. The summed E-state index contributed by atoms with van der Waals surface area (Å²) in [6.45, 7) is 5.45. The van der Waals surface area contributed by atoms with Gasteiger partial charge in [-0.25, -0.2) is 4.98 Å². The fourth-order valence-electron chi connectivity index (χ4n) is 3.77. The Bertz CT molecular complexity index is 1320. The molecule has 1 amide bonds. The Kier molecular flexibility index (Phi) is 6.90. The molecule has 0 bridgehead atoms. The summed E-state index contributed by atoms with van der Waals surface area (Å²) in [7, 11) is 2.04. The molecule has 1 saturated heterocycles. The molecule has 0 radical (unpaired) electrons. The van der Waals surface area contributed by atoms with E-state index in [0.29, 0.717) is 42.6 Å². The highest BCUT2D eigenvalue weighted by atomic mass is 16.5. The maximum atomic E-state index is 13.4. The molecular weight excluding hydrogens is 432 g/mol. The second-order valence-electron chi connectivity index (χ2n) is 7.95. The van der Waals surface area contributed by atoms with Gasteiger partial charge in [-0.05, 0) is 56.4 Å². The van der Waals surface area contributed by atoms with E-state index in [-0.39, 0.29) is 16.7 Å². The van der Waals surface area contributed by atoms with E-state index in [9.17, 15) is 14.9 Å². The first-order valence-electron chi connectivity index (χ1n) is 11.1. The molecule has 1 fully saturated rings. The molecule has 2 aromatic heterocycles. The van der Waals surface area contributed by atoms with Gasteiger partial charge in [0.2, 0.25) is 0 Å². The van der Waals surface area contributed by atoms with Gasteiger partial charge in [0.05, 0.1) is 12.2 Å². The van der Waals surface area contributed by atoms with Crippen molar-refractivity contribution in [3.8, 4) is 11.8 Å². The van der Waals surface area contributed by atoms with Crippen molar-refractivity contribution in [2.24, 2.45) is 0 Å². The van der Waals surface area contributed by atoms with Crippen LogP contribution >= 0.6 is 0 Å². The lowest BCUT2D eigenvalue weighted by Crippen LogP contribution is -2.45. The van der Waals surface area contributed by atoms with Crippen LogP contribution in [-0.4, -0.2) is 60.0 Å². The maximum absolute atomic E-state index is 13.4. The normalized spacial score (nSPS) is 14.6. The van der Waals surface area contributed by atoms with Gasteiger partial charge < -0.3 is 19.9 Å². The smallest absolute Gasteiger partial charge is 0.267 e. The molecule has 9 nitrogen and oxygen atoms in total. The zero-order chi connectivity index (χ0) is 24.1. The van der Waals surface area contributed by atoms with E-state index in [4.69, 9.17) is 9.72 Å². The standard InChI is InChI=1S/C25H26N6O3/c1-3-34-20-9-7-19(8-10-20)27-24(32)18(17-26)16-21-23(30-14-12-29(2)13-15-30)28-22-6-4-5-11-31(22)25(21)33/h4-11,16H,3,12-15H2,1-2H3,(H,27,32). The molecule has 34 heavy (non-hydrogen) atoms. The SMILES string of the molecule is CCOc1ccc(NC(=O)C(C#N)=Cc2c(N3CCN(C)CC3)nc3ccccn3c2=O)cc1. The Morgan fingerprint density at radius 1 is 1.18 bits per heavy atom. The molecule has 0 unspecified atom stereocenters. The van der Waals surface area contributed by atoms with Crippen LogP contribution in [0.25, 0.3) is 11.7 Å². The largest absolute Gasteiger partial charge is 0.494 e. The van der Waals surface area contributed by atoms with Gasteiger partial charge in [-0.2, -0.15) is 5.26 Å². The monoisotopic (exact) mass is 458 g/mol. The molecular formula is C25H26N6O3. The van der Waals surface area contributed by atoms with Gasteiger partial charge in [-0.15, -0.1) is 0 Å². The molecule has 1 aliphatic rings. The van der Waals surface area contributed by atoms with Crippen LogP contribution in [0.15, 0.2) is 59.0 Å². The number of pyridine rings is 1. The van der Waals surface area contributed by atoms with Gasteiger partial charge >= 0.3 is 0 Å². The van der Waals surface area contributed by atoms with Crippen molar-refractivity contribution >= 4 is 29.1 Å². The van der Waals surface area contributed by atoms with Gasteiger partial charge in [0.25, 0.3) is 11.5 Å². The summed E-state index contributed by atoms with van der Waals surface area (Å²) in [5.41, 5.74) is 0.727. The number of aromatic nitrogens is 2. The van der Waals surface area contributed by atoms with Crippen molar-refractivity contribution in [2.75, 3.05) is 50.1 Å². The highest BCUT2D eigenvalue weighted by Crippen LogP contribution is 2.21. The van der Waals surface area contributed by atoms with Gasteiger partial charge in [-0.3, -0.25) is 14.0 Å². The van der Waals surface area contributed by atoms with Crippen molar-refractivity contribution in [1.82, 2.24) is 14.3 Å². The fraction of sp³-hybridized carbons (Fsp3) is 0.280. The van der Waals surface area contributed by atoms with Crippen LogP contribution in [0.3, 0.4) is 0 Å². The number of nitrogens with one attached hydrogen (secondary N) is 1. The second-order valence-corrected chi connectivity index (χ2v) is 7.95. The summed E-state index contributed by atoms with van der Waals surface area (Å²) in [5.74, 6) is 0.558. The summed E-state index contributed by atoms with van der Waals surface area (Å²) in [6.07, 6.45) is 2.97. The molecule has 174 valence electrons. The second kappa shape index (κ2) is 10.2. The average Bonchev–Trinajstić information content (AvgIpc) is 2.85. The van der Waals surface area contributed by atoms with Crippen LogP contribution in [0.4, 0.5) is 11.5 Å². The number of nitrogens with zero attached hydrogens (tertiary/aromatic N) is 5. The number of benzene rings is 1. The number of anilines is 2. The van der Waals surface area contributed by atoms with Crippen LogP contribution in [-0.2, 0) is 4.79 Å². The fourth-order valence-corrected chi connectivity index (χ4v) is 3.77. The summed E-state index contributed by atoms with van der Waals surface area (Å²) in [4.78, 5) is 35.2. The summed E-state index contributed by atoms with van der Waals surface area (Å²) in [5, 5.41) is 12.5. The minimum Gasteiger partial charge on any atom is -0.494 e. The molecule has 4 rings (SSSR count). The van der Waals surface area contributed by atoms with Crippen LogP contribution in [0, 0.1) is 11.3 Å². The molecule has 0 saturated carbocycles. The minimum atomic E-state index is -0.603. The topological polar surface area (TPSA) is 103 Å². The highest BCUT2D eigenvalue weighted by molar-refractivity contribution is 6.10. The Balaban J connectivity index is 1.71. The Labute approximate surface area is 197 Å². The number of hydrogen-bond acceptors (Lipinski definition) is 7. The van der Waals surface area contributed by atoms with E-state index in [0.717, 1.165) is 13.1 Å². The quantitative estimate of drug-likeness (QED) is 0.447. The molecule has 1 aromatic carbocycles. The van der Waals surface area contributed by atoms with Crippen LogP contribution in [0.1, 0.15) is 12.5 Å². The predicted octanol–water partition coefficient (Wildman–Crippen LogP) is 2.39. The number of carbonyl (C=O) groups excluding carboxylic acids is 1. The zero-order valence-electron chi connectivity index (χ0n) is 19.2. The Morgan fingerprint density at radius 3 is 2.59 bits per heavy atom. The summed E-state index contributed by atoms with van der Waals surface area (Å²) in [6, 6.07) is 14.1. The number of rotatable bonds is 6. The van der Waals surface area contributed by atoms with E-state index in [1.54, 1.807) is 42.6 Å². The molecule has 0 spiro atoms. The third kappa shape index (κ3) is 4.92. The molecule has 0 aliphatic carbocycles. The van der Waals surface area contributed by atoms with Gasteiger partial charge in [0, 0.05) is 38.1 Å². The molecule has 0 atom stereocenters. The molecule has 3 aromatic rings. The number of nitriles is 1. The lowest BCUT2D eigenvalue weighted by Gasteiger charge is -2.34. The minimum absolute atomic E-state index is 0.181. The summed E-state index contributed by atoms with van der Waals surface area (Å²) >= 11 is 0. The number of likely N-dealkylation sites (N-methyl/N-ethyl adjacent to an activating group) is 1. The lowest BCUT2D eigenvalue weighted by atomic mass is 10.1. The van der Waals surface area contributed by atoms with E-state index in [1.807, 2.05) is 31.0 Å². The van der Waals surface area contributed by atoms with Crippen molar-refractivity contribution < 1.29 is 9.53 Å². The maximum Gasteiger partial charge on any atom is 0.267 e. The zero-order valence-corrected chi connectivity index (χ0v) is 19.2. The molecule has 1 N–H and O–H groups in total. The number of hydrogen-bond donors (Lipinski definition) is 1. The van der Waals surface area contributed by atoms with Crippen molar-refractivity contribution in [2.45, 2.75) is 6.92 Å². The van der Waals surface area contributed by atoms with Gasteiger partial charge in [0.1, 0.15) is 28.9 Å². The number of amides is 1. The van der Waals surface area contributed by atoms with Crippen molar-refractivity contribution in [3.05, 3.63) is 70.2 Å². The number of piperazine rings is 1. The third-order valence-electron chi connectivity index (χ3n) is 5.63. The van der Waals surface area contributed by atoms with E-state index >= 15 is 0 Å². The van der Waals surface area contributed by atoms with E-state index in [2.05, 4.69) is 10.2 Å². The Morgan fingerprint density at radius 2 is 1.91 bits per heavy atom. The van der Waals surface area contributed by atoms with Crippen molar-refractivity contribution in [3.63, 3.8) is 0 Å². The van der Waals surface area contributed by atoms with Crippen LogP contribution in [0.2, 0.25) is 0 Å². The van der Waals surface area contributed by atoms with Gasteiger partial charge in [0.15, 0.2) is 0 Å². The first-order valence-corrected chi connectivity index (χ1v) is 11.1. The first-order chi connectivity index (χ1) is 16.5. The first kappa shape index (κ1) is 23.0. The predicted molar refractivity (Wildman–Crippen MR) is 131 cm³/mol. The van der Waals surface area contributed by atoms with Crippen LogP contribution in [0.5, 0.6) is 5.75 Å². The van der Waals surface area contributed by atoms with E-state index in [1.165, 1.54) is 10.5 Å². The molecule has 1 aliphatic heterocycles. The van der Waals surface area contributed by atoms with Gasteiger partial charge in [-0.1, -0.05) is 6.07 Å². The van der Waals surface area contributed by atoms with E-state index < -0.39 is 5.91 Å². The average molecular weight is 459 g/mol. The number of fused-ring (bicyclic) bond motifs is 1. The van der Waals surface area contributed by atoms with Crippen LogP contribution < -0.4 is 20.5 Å².